The lowest BCUT2D eigenvalue weighted by molar-refractivity contribution is -0.181. The van der Waals surface area contributed by atoms with Crippen LogP contribution in [0.5, 0.6) is 5.75 Å². The summed E-state index contributed by atoms with van der Waals surface area (Å²) >= 11 is 0. The number of ether oxygens (including phenoxy) is 1. The summed E-state index contributed by atoms with van der Waals surface area (Å²) in [5.74, 6) is 0.721. The van der Waals surface area contributed by atoms with Crippen LogP contribution in [-0.4, -0.2) is 40.2 Å². The van der Waals surface area contributed by atoms with Crippen LogP contribution in [0.1, 0.15) is 78.6 Å². The molecule has 0 aliphatic carbocycles. The zero-order valence-electron chi connectivity index (χ0n) is 17.5. The van der Waals surface area contributed by atoms with Gasteiger partial charge in [0, 0.05) is 0 Å². The van der Waals surface area contributed by atoms with Crippen molar-refractivity contribution in [3.05, 3.63) is 30.3 Å². The zero-order chi connectivity index (χ0) is 20.2. The number of benzene rings is 1. The molecular formula is C23H40O4. The first-order valence-corrected chi connectivity index (χ1v) is 10.7. The van der Waals surface area contributed by atoms with Crippen LogP contribution >= 0.6 is 0 Å². The lowest BCUT2D eigenvalue weighted by atomic mass is 9.63. The molecule has 0 amide bonds. The maximum absolute atomic E-state index is 11.1. The summed E-state index contributed by atoms with van der Waals surface area (Å²) in [6.07, 6.45) is 6.75. The largest absolute Gasteiger partial charge is 0.486 e. The molecule has 0 spiro atoms. The van der Waals surface area contributed by atoms with Crippen molar-refractivity contribution in [3.8, 4) is 5.75 Å². The molecule has 3 N–H and O–H groups in total. The summed E-state index contributed by atoms with van der Waals surface area (Å²) in [7, 11) is 0. The second kappa shape index (κ2) is 12.4. The number of unbranched alkanes of at least 4 members (excludes halogenated alkanes) is 3. The number of rotatable bonds is 15. The van der Waals surface area contributed by atoms with Gasteiger partial charge in [0.05, 0.1) is 24.7 Å². The molecule has 0 heterocycles. The Morgan fingerprint density at radius 1 is 0.852 bits per heavy atom. The van der Waals surface area contributed by atoms with E-state index in [1.54, 1.807) is 0 Å². The van der Waals surface area contributed by atoms with Crippen LogP contribution in [0.15, 0.2) is 30.3 Å². The van der Waals surface area contributed by atoms with Crippen LogP contribution in [0.4, 0.5) is 0 Å². The van der Waals surface area contributed by atoms with E-state index in [2.05, 4.69) is 20.8 Å². The van der Waals surface area contributed by atoms with E-state index in [-0.39, 0.29) is 13.2 Å². The maximum atomic E-state index is 11.1. The average Bonchev–Trinajstić information content (AvgIpc) is 2.70. The van der Waals surface area contributed by atoms with Crippen LogP contribution in [0, 0.1) is 5.41 Å². The Kier molecular flexibility index (Phi) is 11.0. The van der Waals surface area contributed by atoms with Crippen LogP contribution in [-0.2, 0) is 0 Å². The fourth-order valence-corrected chi connectivity index (χ4v) is 3.99. The molecule has 1 atom stereocenters. The minimum Gasteiger partial charge on any atom is -0.486 e. The molecule has 0 aliphatic heterocycles. The van der Waals surface area contributed by atoms with Crippen molar-refractivity contribution in [1.82, 2.24) is 0 Å². The van der Waals surface area contributed by atoms with Crippen molar-refractivity contribution < 1.29 is 20.1 Å². The molecule has 4 nitrogen and oxygen atoms in total. The van der Waals surface area contributed by atoms with Crippen molar-refractivity contribution in [2.45, 2.75) is 90.3 Å². The number of hydrogen-bond acceptors (Lipinski definition) is 4. The summed E-state index contributed by atoms with van der Waals surface area (Å²) in [5, 5.41) is 32.0. The molecule has 0 saturated heterocycles. The third-order valence-corrected chi connectivity index (χ3v) is 5.87. The highest BCUT2D eigenvalue weighted by Gasteiger charge is 2.56. The lowest BCUT2D eigenvalue weighted by Crippen LogP contribution is -2.62. The predicted octanol–water partition coefficient (Wildman–Crippen LogP) is 4.71. The van der Waals surface area contributed by atoms with E-state index < -0.39 is 17.1 Å². The highest BCUT2D eigenvalue weighted by molar-refractivity contribution is 5.23. The molecular weight excluding hydrogens is 340 g/mol. The molecule has 156 valence electrons. The molecule has 0 fully saturated rings. The van der Waals surface area contributed by atoms with Gasteiger partial charge in [0.15, 0.2) is 0 Å². The van der Waals surface area contributed by atoms with Gasteiger partial charge in [-0.3, -0.25) is 0 Å². The van der Waals surface area contributed by atoms with Gasteiger partial charge >= 0.3 is 0 Å². The Morgan fingerprint density at radius 3 is 1.81 bits per heavy atom. The fraction of sp³-hybridized carbons (Fsp3) is 0.739. The molecule has 1 aromatic carbocycles. The number of hydrogen-bond donors (Lipinski definition) is 3. The van der Waals surface area contributed by atoms with Crippen molar-refractivity contribution in [3.63, 3.8) is 0 Å². The molecule has 0 saturated carbocycles. The lowest BCUT2D eigenvalue weighted by Gasteiger charge is -2.51. The van der Waals surface area contributed by atoms with Gasteiger partial charge in [-0.2, -0.15) is 0 Å². The van der Waals surface area contributed by atoms with E-state index in [1.807, 2.05) is 30.3 Å². The molecule has 4 heteroatoms. The molecule has 0 bridgehead atoms. The van der Waals surface area contributed by atoms with Crippen molar-refractivity contribution in [2.75, 3.05) is 13.2 Å². The quantitative estimate of drug-likeness (QED) is 0.412. The normalized spacial score (nSPS) is 13.6. The summed E-state index contributed by atoms with van der Waals surface area (Å²) < 4.78 is 6.57. The summed E-state index contributed by atoms with van der Waals surface area (Å²) in [6, 6.07) is 9.60. The smallest absolute Gasteiger partial charge is 0.122 e. The predicted molar refractivity (Wildman–Crippen MR) is 111 cm³/mol. The molecule has 1 unspecified atom stereocenters. The monoisotopic (exact) mass is 380 g/mol. The first kappa shape index (κ1) is 23.9. The second-order valence-corrected chi connectivity index (χ2v) is 7.75. The van der Waals surface area contributed by atoms with Gasteiger partial charge in [-0.05, 0) is 44.2 Å². The van der Waals surface area contributed by atoms with Gasteiger partial charge < -0.3 is 20.1 Å². The van der Waals surface area contributed by atoms with Gasteiger partial charge in [0.2, 0.25) is 0 Å². The highest BCUT2D eigenvalue weighted by Crippen LogP contribution is 2.46. The van der Waals surface area contributed by atoms with Crippen molar-refractivity contribution >= 4 is 0 Å². The van der Waals surface area contributed by atoms with Gasteiger partial charge in [-0.25, -0.2) is 0 Å². The van der Waals surface area contributed by atoms with Crippen LogP contribution < -0.4 is 4.74 Å². The maximum Gasteiger partial charge on any atom is 0.122 e. The zero-order valence-corrected chi connectivity index (χ0v) is 17.5. The van der Waals surface area contributed by atoms with Gasteiger partial charge in [-0.15, -0.1) is 0 Å². The van der Waals surface area contributed by atoms with Crippen LogP contribution in [0.25, 0.3) is 0 Å². The van der Waals surface area contributed by atoms with Crippen molar-refractivity contribution in [1.29, 1.82) is 0 Å². The Labute approximate surface area is 165 Å². The van der Waals surface area contributed by atoms with E-state index >= 15 is 0 Å². The molecule has 0 radical (unpaired) electrons. The molecule has 1 aromatic rings. The second-order valence-electron chi connectivity index (χ2n) is 7.75. The Hall–Kier alpha value is -1.10. The van der Waals surface area contributed by atoms with Gasteiger partial charge in [0.25, 0.3) is 0 Å². The Morgan fingerprint density at radius 2 is 1.37 bits per heavy atom. The van der Waals surface area contributed by atoms with Crippen LogP contribution in [0.3, 0.4) is 0 Å². The van der Waals surface area contributed by atoms with Gasteiger partial charge in [0.1, 0.15) is 11.4 Å². The average molecular weight is 381 g/mol. The number of aliphatic hydroxyl groups excluding tert-OH is 3. The van der Waals surface area contributed by atoms with Gasteiger partial charge in [-0.1, -0.05) is 64.7 Å². The van der Waals surface area contributed by atoms with Crippen molar-refractivity contribution in [2.24, 2.45) is 5.41 Å². The van der Waals surface area contributed by atoms with E-state index in [4.69, 9.17) is 4.74 Å². The number of aliphatic hydroxyl groups is 3. The summed E-state index contributed by atoms with van der Waals surface area (Å²) in [6.45, 7) is 5.73. The van der Waals surface area contributed by atoms with E-state index in [1.165, 1.54) is 0 Å². The SMILES string of the molecule is CCCCC(O)C(CO)(CO)C(CCCC)(CCCC)Oc1ccccc1. The fourth-order valence-electron chi connectivity index (χ4n) is 3.99. The van der Waals surface area contributed by atoms with E-state index in [0.717, 1.165) is 44.3 Å². The molecule has 27 heavy (non-hydrogen) atoms. The molecule has 1 rings (SSSR count). The molecule has 0 aromatic heterocycles. The summed E-state index contributed by atoms with van der Waals surface area (Å²) in [5.41, 5.74) is -1.90. The Balaban J connectivity index is 3.41. The van der Waals surface area contributed by atoms with E-state index in [0.29, 0.717) is 19.3 Å². The standard InChI is InChI=1S/C23H40O4/c1-4-7-15-21(26)22(18-24,19-25)23(16-8-5-2,17-9-6-3)27-20-13-11-10-12-14-20/h10-14,21,24-26H,4-9,15-19H2,1-3H3. The summed E-state index contributed by atoms with van der Waals surface area (Å²) in [4.78, 5) is 0. The first-order valence-electron chi connectivity index (χ1n) is 10.7. The molecule has 0 aliphatic rings. The van der Waals surface area contributed by atoms with Crippen LogP contribution in [0.2, 0.25) is 0 Å². The van der Waals surface area contributed by atoms with E-state index in [9.17, 15) is 15.3 Å². The third kappa shape index (κ3) is 5.94. The topological polar surface area (TPSA) is 69.9 Å². The highest BCUT2D eigenvalue weighted by atomic mass is 16.5. The number of para-hydroxylation sites is 1. The Bertz CT molecular complexity index is 476. The minimum atomic E-state index is -1.09. The minimum absolute atomic E-state index is 0.297. The first-order chi connectivity index (χ1) is 13.1. The third-order valence-electron chi connectivity index (χ3n) is 5.87.